The minimum atomic E-state index is -3.54. The lowest BCUT2D eigenvalue weighted by Gasteiger charge is -2.32. The van der Waals surface area contributed by atoms with Crippen molar-refractivity contribution in [1.29, 1.82) is 0 Å². The summed E-state index contributed by atoms with van der Waals surface area (Å²) in [5.41, 5.74) is 2.18. The Kier molecular flexibility index (Phi) is 11.2. The quantitative estimate of drug-likeness (QED) is 0.394. The van der Waals surface area contributed by atoms with Gasteiger partial charge >= 0.3 is 0 Å². The first-order chi connectivity index (χ1) is 17.0. The Balaban J connectivity index is 2.25. The summed E-state index contributed by atoms with van der Waals surface area (Å²) in [5.74, 6) is -0.427. The molecule has 0 aliphatic rings. The molecular weight excluding hydrogens is 498 g/mol. The Morgan fingerprint density at radius 2 is 1.67 bits per heavy atom. The van der Waals surface area contributed by atoms with Crippen LogP contribution in [-0.4, -0.2) is 50.0 Å². The predicted molar refractivity (Wildman–Crippen MR) is 147 cm³/mol. The fourth-order valence-electron chi connectivity index (χ4n) is 4.00. The van der Waals surface area contributed by atoms with Gasteiger partial charge in [-0.15, -0.1) is 0 Å². The van der Waals surface area contributed by atoms with Gasteiger partial charge in [0, 0.05) is 30.6 Å². The summed E-state index contributed by atoms with van der Waals surface area (Å²) in [6, 6.07) is 13.8. The van der Waals surface area contributed by atoms with Crippen molar-refractivity contribution >= 4 is 39.1 Å². The van der Waals surface area contributed by atoms with Gasteiger partial charge in [0.15, 0.2) is 0 Å². The van der Waals surface area contributed by atoms with E-state index in [0.29, 0.717) is 23.6 Å². The highest BCUT2D eigenvalue weighted by Gasteiger charge is 2.30. The number of aryl methyl sites for hydroxylation is 1. The van der Waals surface area contributed by atoms with E-state index in [1.165, 1.54) is 4.31 Å². The molecule has 2 amide bonds. The van der Waals surface area contributed by atoms with Crippen LogP contribution >= 0.6 is 11.6 Å². The van der Waals surface area contributed by atoms with Gasteiger partial charge in [-0.1, -0.05) is 61.8 Å². The number of benzene rings is 2. The van der Waals surface area contributed by atoms with Crippen LogP contribution < -0.4 is 9.62 Å². The summed E-state index contributed by atoms with van der Waals surface area (Å²) >= 11 is 6.37. The van der Waals surface area contributed by atoms with Crippen LogP contribution in [-0.2, 0) is 26.2 Å². The Bertz CT molecular complexity index is 1140. The normalized spacial score (nSPS) is 13.1. The SMILES string of the molecule is CC[C@@H](C)NC(=O)[C@@H](CC)N(Cc1ccccc1Cl)C(=O)CCCN(c1ccccc1C)S(C)(=O)=O. The number of nitrogens with zero attached hydrogens (tertiary/aromatic N) is 2. The molecule has 0 fully saturated rings. The van der Waals surface area contributed by atoms with Gasteiger partial charge in [0.1, 0.15) is 6.04 Å². The van der Waals surface area contributed by atoms with Crippen molar-refractivity contribution in [2.24, 2.45) is 0 Å². The van der Waals surface area contributed by atoms with Gasteiger partial charge in [0.05, 0.1) is 11.9 Å². The van der Waals surface area contributed by atoms with Crippen molar-refractivity contribution in [2.75, 3.05) is 17.1 Å². The highest BCUT2D eigenvalue weighted by molar-refractivity contribution is 7.92. The van der Waals surface area contributed by atoms with Crippen LogP contribution in [0.4, 0.5) is 5.69 Å². The molecule has 2 rings (SSSR count). The summed E-state index contributed by atoms with van der Waals surface area (Å²) in [4.78, 5) is 28.1. The summed E-state index contributed by atoms with van der Waals surface area (Å²) in [7, 11) is -3.54. The highest BCUT2D eigenvalue weighted by Crippen LogP contribution is 2.24. The Morgan fingerprint density at radius 3 is 2.25 bits per heavy atom. The van der Waals surface area contributed by atoms with E-state index in [1.54, 1.807) is 23.1 Å². The molecule has 0 aliphatic heterocycles. The molecule has 0 saturated heterocycles. The van der Waals surface area contributed by atoms with Crippen LogP contribution in [0.1, 0.15) is 57.6 Å². The lowest BCUT2D eigenvalue weighted by Crippen LogP contribution is -2.50. The second-order valence-corrected chi connectivity index (χ2v) is 11.4. The molecule has 0 aliphatic carbocycles. The van der Waals surface area contributed by atoms with Crippen LogP contribution in [0, 0.1) is 6.92 Å². The van der Waals surface area contributed by atoms with Crippen molar-refractivity contribution in [1.82, 2.24) is 10.2 Å². The second-order valence-electron chi connectivity index (χ2n) is 9.08. The summed E-state index contributed by atoms with van der Waals surface area (Å²) in [5, 5.41) is 3.51. The minimum absolute atomic E-state index is 0.0127. The van der Waals surface area contributed by atoms with Gasteiger partial charge in [-0.05, 0) is 56.4 Å². The summed E-state index contributed by atoms with van der Waals surface area (Å²) < 4.78 is 26.4. The van der Waals surface area contributed by atoms with E-state index in [1.807, 2.05) is 58.0 Å². The molecule has 0 spiro atoms. The van der Waals surface area contributed by atoms with E-state index in [0.717, 1.165) is 23.8 Å². The fraction of sp³-hybridized carbons (Fsp3) is 0.481. The van der Waals surface area contributed by atoms with Gasteiger partial charge in [-0.2, -0.15) is 0 Å². The zero-order chi connectivity index (χ0) is 26.9. The molecule has 0 bridgehead atoms. The maximum Gasteiger partial charge on any atom is 0.243 e. The average molecular weight is 536 g/mol. The van der Waals surface area contributed by atoms with Crippen molar-refractivity contribution < 1.29 is 18.0 Å². The third-order valence-corrected chi connectivity index (χ3v) is 7.77. The first-order valence-corrected chi connectivity index (χ1v) is 14.6. The standard InChI is InChI=1S/C27H38ClN3O4S/c1-6-21(4)29-27(33)24(7-2)30(19-22-14-9-10-15-23(22)28)26(32)17-12-18-31(36(5,34)35)25-16-11-8-13-20(25)3/h8-11,13-16,21,24H,6-7,12,17-19H2,1-5H3,(H,29,33)/t21-,24-/m1/s1. The number of carbonyl (C=O) groups is 2. The van der Waals surface area contributed by atoms with E-state index >= 15 is 0 Å². The van der Waals surface area contributed by atoms with Crippen LogP contribution in [0.3, 0.4) is 0 Å². The van der Waals surface area contributed by atoms with Crippen LogP contribution in [0.25, 0.3) is 0 Å². The zero-order valence-electron chi connectivity index (χ0n) is 21.8. The number of hydrogen-bond donors (Lipinski definition) is 1. The summed E-state index contributed by atoms with van der Waals surface area (Å²) in [6.45, 7) is 7.99. The van der Waals surface area contributed by atoms with Gasteiger partial charge in [-0.25, -0.2) is 8.42 Å². The zero-order valence-corrected chi connectivity index (χ0v) is 23.4. The molecule has 0 aromatic heterocycles. The number of amides is 2. The molecule has 7 nitrogen and oxygen atoms in total. The van der Waals surface area contributed by atoms with E-state index in [2.05, 4.69) is 5.32 Å². The van der Waals surface area contributed by atoms with E-state index in [-0.39, 0.29) is 37.4 Å². The molecule has 198 valence electrons. The highest BCUT2D eigenvalue weighted by atomic mass is 35.5. The number of rotatable bonds is 13. The molecular formula is C27H38ClN3O4S. The van der Waals surface area contributed by atoms with E-state index < -0.39 is 16.1 Å². The number of para-hydroxylation sites is 1. The van der Waals surface area contributed by atoms with Gasteiger partial charge in [0.25, 0.3) is 0 Å². The molecule has 0 heterocycles. The van der Waals surface area contributed by atoms with Gasteiger partial charge in [-0.3, -0.25) is 13.9 Å². The summed E-state index contributed by atoms with van der Waals surface area (Å²) in [6.07, 6.45) is 2.79. The Labute approximate surface area is 220 Å². The first kappa shape index (κ1) is 29.6. The molecule has 0 saturated carbocycles. The number of nitrogens with one attached hydrogen (secondary N) is 1. The monoisotopic (exact) mass is 535 g/mol. The molecule has 36 heavy (non-hydrogen) atoms. The van der Waals surface area contributed by atoms with Crippen molar-refractivity contribution in [3.05, 3.63) is 64.7 Å². The Morgan fingerprint density at radius 1 is 1.03 bits per heavy atom. The molecule has 9 heteroatoms. The van der Waals surface area contributed by atoms with Crippen molar-refractivity contribution in [3.63, 3.8) is 0 Å². The molecule has 0 radical (unpaired) electrons. The van der Waals surface area contributed by atoms with Gasteiger partial charge < -0.3 is 10.2 Å². The smallest absolute Gasteiger partial charge is 0.243 e. The van der Waals surface area contributed by atoms with Crippen LogP contribution in [0.5, 0.6) is 0 Å². The molecule has 2 atom stereocenters. The fourth-order valence-corrected chi connectivity index (χ4v) is 5.21. The third-order valence-electron chi connectivity index (χ3n) is 6.22. The number of carbonyl (C=O) groups excluding carboxylic acids is 2. The van der Waals surface area contributed by atoms with Crippen LogP contribution in [0.2, 0.25) is 5.02 Å². The number of hydrogen-bond acceptors (Lipinski definition) is 4. The van der Waals surface area contributed by atoms with Crippen LogP contribution in [0.15, 0.2) is 48.5 Å². The molecule has 2 aromatic rings. The Hall–Kier alpha value is -2.58. The van der Waals surface area contributed by atoms with Crippen molar-refractivity contribution in [3.8, 4) is 0 Å². The largest absolute Gasteiger partial charge is 0.352 e. The van der Waals surface area contributed by atoms with Crippen molar-refractivity contribution in [2.45, 2.75) is 72.0 Å². The predicted octanol–water partition coefficient (Wildman–Crippen LogP) is 4.92. The molecule has 1 N–H and O–H groups in total. The molecule has 0 unspecified atom stereocenters. The first-order valence-electron chi connectivity index (χ1n) is 12.4. The maximum absolute atomic E-state index is 13.5. The van der Waals surface area contributed by atoms with E-state index in [9.17, 15) is 18.0 Å². The average Bonchev–Trinajstić information content (AvgIpc) is 2.82. The van der Waals surface area contributed by atoms with Gasteiger partial charge in [0.2, 0.25) is 21.8 Å². The lowest BCUT2D eigenvalue weighted by atomic mass is 10.1. The minimum Gasteiger partial charge on any atom is -0.352 e. The molecule has 2 aromatic carbocycles. The number of sulfonamides is 1. The lowest BCUT2D eigenvalue weighted by molar-refractivity contribution is -0.141. The maximum atomic E-state index is 13.5. The number of halogens is 1. The third kappa shape index (κ3) is 8.23. The topological polar surface area (TPSA) is 86.8 Å². The van der Waals surface area contributed by atoms with E-state index in [4.69, 9.17) is 11.6 Å². The second kappa shape index (κ2) is 13.7. The number of anilines is 1.